The Labute approximate surface area is 94.9 Å². The minimum Gasteiger partial charge on any atom is -0.353 e. The number of piperazine rings is 1. The topological polar surface area (TPSA) is 40.2 Å². The van der Waals surface area contributed by atoms with E-state index in [0.717, 1.165) is 37.7 Å². The number of rotatable bonds is 3. The molecule has 1 aromatic rings. The van der Waals surface area contributed by atoms with E-state index in [1.807, 2.05) is 12.1 Å². The summed E-state index contributed by atoms with van der Waals surface area (Å²) in [5, 5.41) is 6.06. The fraction of sp³-hybridized carbons (Fsp3) is 0.545. The molecule has 1 aliphatic rings. The van der Waals surface area contributed by atoms with E-state index in [1.165, 1.54) is 6.92 Å². The van der Waals surface area contributed by atoms with Crippen LogP contribution in [0.15, 0.2) is 18.3 Å². The van der Waals surface area contributed by atoms with Crippen molar-refractivity contribution in [1.82, 2.24) is 10.3 Å². The van der Waals surface area contributed by atoms with Gasteiger partial charge in [-0.15, -0.1) is 0 Å². The van der Waals surface area contributed by atoms with Gasteiger partial charge in [0.2, 0.25) is 0 Å². The molecule has 0 aliphatic carbocycles. The lowest BCUT2D eigenvalue weighted by molar-refractivity contribution is 0.402. The van der Waals surface area contributed by atoms with Gasteiger partial charge in [-0.1, -0.05) is 0 Å². The molecule has 1 saturated heterocycles. The lowest BCUT2D eigenvalue weighted by atomic mass is 10.3. The molecular weight excluding hydrogens is 207 g/mol. The Hall–Kier alpha value is -1.36. The molecule has 0 saturated carbocycles. The van der Waals surface area contributed by atoms with E-state index >= 15 is 0 Å². The van der Waals surface area contributed by atoms with Crippen LogP contribution >= 0.6 is 0 Å². The molecule has 1 unspecified atom stereocenters. The maximum absolute atomic E-state index is 13.0. The highest BCUT2D eigenvalue weighted by atomic mass is 19.1. The molecule has 2 N–H and O–H groups in total. The van der Waals surface area contributed by atoms with Gasteiger partial charge >= 0.3 is 0 Å². The molecule has 0 spiro atoms. The quantitative estimate of drug-likeness (QED) is 0.757. The van der Waals surface area contributed by atoms with Crippen LogP contribution in [-0.2, 0) is 0 Å². The molecule has 88 valence electrons. The SMILES string of the molecule is CC(F)Nc1cccnc1N1CCNCC1. The van der Waals surface area contributed by atoms with Gasteiger partial charge in [-0.25, -0.2) is 9.37 Å². The van der Waals surface area contributed by atoms with Crippen LogP contribution in [0, 0.1) is 0 Å². The molecule has 0 amide bonds. The number of anilines is 2. The van der Waals surface area contributed by atoms with Gasteiger partial charge in [-0.2, -0.15) is 0 Å². The first-order valence-electron chi connectivity index (χ1n) is 5.58. The molecule has 1 atom stereocenters. The number of nitrogens with zero attached hydrogens (tertiary/aromatic N) is 2. The third kappa shape index (κ3) is 2.61. The molecule has 0 bridgehead atoms. The largest absolute Gasteiger partial charge is 0.353 e. The first-order chi connectivity index (χ1) is 7.77. The van der Waals surface area contributed by atoms with Gasteiger partial charge in [0.25, 0.3) is 0 Å². The smallest absolute Gasteiger partial charge is 0.167 e. The molecule has 0 aromatic carbocycles. The predicted molar refractivity (Wildman–Crippen MR) is 63.5 cm³/mol. The Balaban J connectivity index is 2.17. The van der Waals surface area contributed by atoms with Crippen molar-refractivity contribution in [1.29, 1.82) is 0 Å². The van der Waals surface area contributed by atoms with Gasteiger partial charge in [0, 0.05) is 32.4 Å². The van der Waals surface area contributed by atoms with Crippen molar-refractivity contribution in [2.24, 2.45) is 0 Å². The Morgan fingerprint density at radius 2 is 2.25 bits per heavy atom. The number of alkyl halides is 1. The van der Waals surface area contributed by atoms with Gasteiger partial charge in [0.1, 0.15) is 0 Å². The van der Waals surface area contributed by atoms with E-state index in [1.54, 1.807) is 6.20 Å². The number of aromatic nitrogens is 1. The first kappa shape index (κ1) is 11.1. The average molecular weight is 224 g/mol. The summed E-state index contributed by atoms with van der Waals surface area (Å²) in [7, 11) is 0. The van der Waals surface area contributed by atoms with E-state index in [9.17, 15) is 4.39 Å². The summed E-state index contributed by atoms with van der Waals surface area (Å²) >= 11 is 0. The lowest BCUT2D eigenvalue weighted by Gasteiger charge is -2.30. The number of pyridine rings is 1. The maximum atomic E-state index is 13.0. The van der Waals surface area contributed by atoms with Gasteiger partial charge < -0.3 is 15.5 Å². The fourth-order valence-corrected chi connectivity index (χ4v) is 1.85. The first-order valence-corrected chi connectivity index (χ1v) is 5.58. The molecule has 16 heavy (non-hydrogen) atoms. The lowest BCUT2D eigenvalue weighted by Crippen LogP contribution is -2.44. The Kier molecular flexibility index (Phi) is 3.56. The molecular formula is C11H17FN4. The zero-order valence-corrected chi connectivity index (χ0v) is 9.41. The summed E-state index contributed by atoms with van der Waals surface area (Å²) in [5.74, 6) is 0.841. The van der Waals surface area contributed by atoms with E-state index < -0.39 is 6.30 Å². The number of halogens is 1. The molecule has 5 heteroatoms. The molecule has 1 aliphatic heterocycles. The molecule has 2 rings (SSSR count). The summed E-state index contributed by atoms with van der Waals surface area (Å²) in [4.78, 5) is 6.49. The monoisotopic (exact) mass is 224 g/mol. The van der Waals surface area contributed by atoms with Crippen LogP contribution in [0.25, 0.3) is 0 Å². The Morgan fingerprint density at radius 3 is 2.94 bits per heavy atom. The van der Waals surface area contributed by atoms with Crippen LogP contribution in [-0.4, -0.2) is 37.5 Å². The van der Waals surface area contributed by atoms with Crippen LogP contribution < -0.4 is 15.5 Å². The van der Waals surface area contributed by atoms with Crippen LogP contribution in [0.5, 0.6) is 0 Å². The van der Waals surface area contributed by atoms with E-state index in [-0.39, 0.29) is 0 Å². The van der Waals surface area contributed by atoms with Crippen molar-refractivity contribution in [3.63, 3.8) is 0 Å². The molecule has 4 nitrogen and oxygen atoms in total. The minimum atomic E-state index is -1.06. The van der Waals surface area contributed by atoms with Crippen molar-refractivity contribution in [2.45, 2.75) is 13.2 Å². The van der Waals surface area contributed by atoms with Crippen molar-refractivity contribution in [3.8, 4) is 0 Å². The number of nitrogens with one attached hydrogen (secondary N) is 2. The molecule has 0 radical (unpaired) electrons. The van der Waals surface area contributed by atoms with Gasteiger partial charge in [0.05, 0.1) is 5.69 Å². The number of hydrogen-bond acceptors (Lipinski definition) is 4. The maximum Gasteiger partial charge on any atom is 0.167 e. The minimum absolute atomic E-state index is 0.763. The summed E-state index contributed by atoms with van der Waals surface area (Å²) < 4.78 is 13.0. The van der Waals surface area contributed by atoms with Gasteiger partial charge in [-0.05, 0) is 19.1 Å². The molecule has 1 fully saturated rings. The van der Waals surface area contributed by atoms with Crippen molar-refractivity contribution < 1.29 is 4.39 Å². The van der Waals surface area contributed by atoms with Gasteiger partial charge in [0.15, 0.2) is 12.1 Å². The zero-order chi connectivity index (χ0) is 11.4. The van der Waals surface area contributed by atoms with Crippen LogP contribution in [0.1, 0.15) is 6.92 Å². The summed E-state index contributed by atoms with van der Waals surface area (Å²) in [5.41, 5.74) is 0.763. The van der Waals surface area contributed by atoms with Crippen LogP contribution in [0.3, 0.4) is 0 Å². The molecule has 1 aromatic heterocycles. The Morgan fingerprint density at radius 1 is 1.50 bits per heavy atom. The molecule has 2 heterocycles. The highest BCUT2D eigenvalue weighted by molar-refractivity contribution is 5.65. The normalized spacial score (nSPS) is 18.2. The summed E-state index contributed by atoms with van der Waals surface area (Å²) in [6.45, 7) is 5.19. The second kappa shape index (κ2) is 5.12. The summed E-state index contributed by atoms with van der Waals surface area (Å²) in [6, 6.07) is 3.68. The zero-order valence-electron chi connectivity index (χ0n) is 9.41. The van der Waals surface area contributed by atoms with Crippen molar-refractivity contribution in [3.05, 3.63) is 18.3 Å². The predicted octanol–water partition coefficient (Wildman–Crippen LogP) is 1.22. The van der Waals surface area contributed by atoms with Crippen LogP contribution in [0.4, 0.5) is 15.9 Å². The Bertz CT molecular complexity index is 337. The van der Waals surface area contributed by atoms with Crippen molar-refractivity contribution in [2.75, 3.05) is 36.4 Å². The highest BCUT2D eigenvalue weighted by Gasteiger charge is 2.15. The van der Waals surface area contributed by atoms with E-state index in [2.05, 4.69) is 20.5 Å². The second-order valence-corrected chi connectivity index (χ2v) is 3.87. The van der Waals surface area contributed by atoms with Crippen LogP contribution in [0.2, 0.25) is 0 Å². The van der Waals surface area contributed by atoms with E-state index in [4.69, 9.17) is 0 Å². The third-order valence-electron chi connectivity index (χ3n) is 2.56. The van der Waals surface area contributed by atoms with Crippen molar-refractivity contribution >= 4 is 11.5 Å². The fourth-order valence-electron chi connectivity index (χ4n) is 1.85. The highest BCUT2D eigenvalue weighted by Crippen LogP contribution is 2.23. The van der Waals surface area contributed by atoms with Gasteiger partial charge in [-0.3, -0.25) is 0 Å². The van der Waals surface area contributed by atoms with E-state index in [0.29, 0.717) is 0 Å². The number of hydrogen-bond donors (Lipinski definition) is 2. The third-order valence-corrected chi connectivity index (χ3v) is 2.56. The standard InChI is InChI=1S/C11H17FN4/c1-9(12)15-10-3-2-4-14-11(10)16-7-5-13-6-8-16/h2-4,9,13,15H,5-8H2,1H3. The second-order valence-electron chi connectivity index (χ2n) is 3.87. The average Bonchev–Trinajstić information content (AvgIpc) is 2.30. The summed E-state index contributed by atoms with van der Waals surface area (Å²) in [6.07, 6.45) is 0.678.